The number of pyridine rings is 1. The summed E-state index contributed by atoms with van der Waals surface area (Å²) >= 11 is 0. The van der Waals surface area contributed by atoms with Crippen molar-refractivity contribution in [3.05, 3.63) is 77.0 Å². The fraction of sp³-hybridized carbons (Fsp3) is 0. The predicted molar refractivity (Wildman–Crippen MR) is 94.3 cm³/mol. The van der Waals surface area contributed by atoms with Crippen LogP contribution in [0.1, 0.15) is 10.4 Å². The monoisotopic (exact) mass is 371 g/mol. The lowest BCUT2D eigenvalue weighted by Gasteiger charge is -2.08. The van der Waals surface area contributed by atoms with Crippen molar-refractivity contribution in [1.29, 1.82) is 0 Å². The van der Waals surface area contributed by atoms with Crippen LogP contribution in [0, 0.1) is 0 Å². The molecule has 0 fully saturated rings. The molecule has 1 aromatic carbocycles. The molecule has 3 aromatic rings. The van der Waals surface area contributed by atoms with E-state index in [1.807, 2.05) is 0 Å². The summed E-state index contributed by atoms with van der Waals surface area (Å²) < 4.78 is 26.8. The van der Waals surface area contributed by atoms with Gasteiger partial charge in [-0.25, -0.2) is 23.1 Å². The Balaban J connectivity index is 1.72. The number of sulfonamides is 1. The zero-order valence-electron chi connectivity index (χ0n) is 13.2. The van der Waals surface area contributed by atoms with Gasteiger partial charge in [0.1, 0.15) is 0 Å². The summed E-state index contributed by atoms with van der Waals surface area (Å²) in [4.78, 5) is 33.1. The van der Waals surface area contributed by atoms with Crippen LogP contribution in [0.4, 0.5) is 11.6 Å². The van der Waals surface area contributed by atoms with Gasteiger partial charge >= 0.3 is 0 Å². The van der Waals surface area contributed by atoms with Crippen LogP contribution in [-0.4, -0.2) is 29.3 Å². The molecule has 0 aliphatic heterocycles. The SMILES string of the molecule is O=C(Nc1ccc(S(=O)(=O)Nc2ncccn2)cc1)c1ccc(=O)[nH]c1. The van der Waals surface area contributed by atoms with Crippen molar-refractivity contribution >= 4 is 27.6 Å². The summed E-state index contributed by atoms with van der Waals surface area (Å²) in [6.07, 6.45) is 4.13. The Morgan fingerprint density at radius 2 is 1.69 bits per heavy atom. The van der Waals surface area contributed by atoms with E-state index in [0.717, 1.165) is 0 Å². The van der Waals surface area contributed by atoms with Crippen molar-refractivity contribution in [3.63, 3.8) is 0 Å². The highest BCUT2D eigenvalue weighted by Crippen LogP contribution is 2.16. The number of nitrogens with zero attached hydrogens (tertiary/aromatic N) is 2. The number of benzene rings is 1. The van der Waals surface area contributed by atoms with Crippen LogP contribution in [0.5, 0.6) is 0 Å². The fourth-order valence-electron chi connectivity index (χ4n) is 2.00. The van der Waals surface area contributed by atoms with Crippen molar-refractivity contribution in [2.75, 3.05) is 10.0 Å². The molecule has 10 heteroatoms. The molecule has 1 amide bonds. The summed E-state index contributed by atoms with van der Waals surface area (Å²) in [7, 11) is -3.84. The second kappa shape index (κ2) is 7.15. The fourth-order valence-corrected chi connectivity index (χ4v) is 2.96. The van der Waals surface area contributed by atoms with E-state index < -0.39 is 15.9 Å². The first kappa shape index (κ1) is 17.3. The Morgan fingerprint density at radius 3 is 2.31 bits per heavy atom. The van der Waals surface area contributed by atoms with E-state index in [-0.39, 0.29) is 22.0 Å². The average molecular weight is 371 g/mol. The summed E-state index contributed by atoms with van der Waals surface area (Å²) in [6, 6.07) is 9.77. The highest BCUT2D eigenvalue weighted by molar-refractivity contribution is 7.92. The van der Waals surface area contributed by atoms with Crippen molar-refractivity contribution < 1.29 is 13.2 Å². The number of rotatable bonds is 5. The lowest BCUT2D eigenvalue weighted by atomic mass is 10.2. The molecule has 9 nitrogen and oxygen atoms in total. The highest BCUT2D eigenvalue weighted by atomic mass is 32.2. The van der Waals surface area contributed by atoms with E-state index in [2.05, 4.69) is 25.0 Å². The normalized spacial score (nSPS) is 10.9. The molecule has 0 radical (unpaired) electrons. The third-order valence-corrected chi connectivity index (χ3v) is 4.60. The molecule has 26 heavy (non-hydrogen) atoms. The Kier molecular flexibility index (Phi) is 4.76. The van der Waals surface area contributed by atoms with E-state index in [0.29, 0.717) is 5.69 Å². The van der Waals surface area contributed by atoms with Crippen molar-refractivity contribution in [2.45, 2.75) is 4.90 Å². The average Bonchev–Trinajstić information content (AvgIpc) is 2.63. The number of hydrogen-bond donors (Lipinski definition) is 3. The molecule has 0 atom stereocenters. The van der Waals surface area contributed by atoms with Crippen LogP contribution in [0.2, 0.25) is 0 Å². The molecule has 2 aromatic heterocycles. The lowest BCUT2D eigenvalue weighted by Crippen LogP contribution is -2.16. The lowest BCUT2D eigenvalue weighted by molar-refractivity contribution is 0.102. The molecule has 3 N–H and O–H groups in total. The maximum Gasteiger partial charge on any atom is 0.264 e. The van der Waals surface area contributed by atoms with Gasteiger partial charge in [0.05, 0.1) is 10.5 Å². The first-order valence-corrected chi connectivity index (χ1v) is 8.82. The van der Waals surface area contributed by atoms with Crippen LogP contribution < -0.4 is 15.6 Å². The van der Waals surface area contributed by atoms with Crippen molar-refractivity contribution in [3.8, 4) is 0 Å². The van der Waals surface area contributed by atoms with Crippen molar-refractivity contribution in [2.24, 2.45) is 0 Å². The Morgan fingerprint density at radius 1 is 1.00 bits per heavy atom. The molecule has 0 spiro atoms. The Hall–Kier alpha value is -3.53. The molecule has 3 rings (SSSR count). The highest BCUT2D eigenvalue weighted by Gasteiger charge is 2.15. The number of hydrogen-bond acceptors (Lipinski definition) is 6. The van der Waals surface area contributed by atoms with Crippen molar-refractivity contribution in [1.82, 2.24) is 15.0 Å². The van der Waals surface area contributed by atoms with E-state index in [9.17, 15) is 18.0 Å². The van der Waals surface area contributed by atoms with Crippen LogP contribution in [-0.2, 0) is 10.0 Å². The van der Waals surface area contributed by atoms with E-state index in [4.69, 9.17) is 0 Å². The topological polar surface area (TPSA) is 134 Å². The number of carbonyl (C=O) groups excluding carboxylic acids is 1. The first-order chi connectivity index (χ1) is 12.4. The quantitative estimate of drug-likeness (QED) is 0.617. The van der Waals surface area contributed by atoms with Gasteiger partial charge in [0.25, 0.3) is 15.9 Å². The number of nitrogens with one attached hydrogen (secondary N) is 3. The van der Waals surface area contributed by atoms with Gasteiger partial charge < -0.3 is 10.3 Å². The Labute approximate surface area is 148 Å². The van der Waals surface area contributed by atoms with Gasteiger partial charge in [0.2, 0.25) is 11.5 Å². The van der Waals surface area contributed by atoms with Crippen LogP contribution in [0.15, 0.2) is 70.7 Å². The molecule has 132 valence electrons. The van der Waals surface area contributed by atoms with Gasteiger partial charge in [-0.15, -0.1) is 0 Å². The maximum absolute atomic E-state index is 12.3. The predicted octanol–water partition coefficient (Wildman–Crippen LogP) is 1.22. The molecule has 0 aliphatic rings. The minimum absolute atomic E-state index is 0.00741. The van der Waals surface area contributed by atoms with Gasteiger partial charge in [-0.2, -0.15) is 0 Å². The van der Waals surface area contributed by atoms with Gasteiger partial charge in [-0.05, 0) is 36.4 Å². The third kappa shape index (κ3) is 4.11. The minimum atomic E-state index is -3.84. The standard InChI is InChI=1S/C16H13N5O4S/c22-14-7-2-11(10-19-14)15(23)20-12-3-5-13(6-4-12)26(24,25)21-16-17-8-1-9-18-16/h1-10H,(H,19,22)(H,20,23)(H,17,18,21). The molecule has 0 bridgehead atoms. The van der Waals surface area contributed by atoms with Gasteiger partial charge in [-0.1, -0.05) is 0 Å². The van der Waals surface area contributed by atoms with E-state index in [1.165, 1.54) is 55.0 Å². The van der Waals surface area contributed by atoms with Crippen LogP contribution >= 0.6 is 0 Å². The van der Waals surface area contributed by atoms with E-state index in [1.54, 1.807) is 6.07 Å². The molecular weight excluding hydrogens is 358 g/mol. The number of aromatic nitrogens is 3. The number of aromatic amines is 1. The number of anilines is 2. The van der Waals surface area contributed by atoms with Crippen LogP contribution in [0.25, 0.3) is 0 Å². The minimum Gasteiger partial charge on any atom is -0.328 e. The van der Waals surface area contributed by atoms with Gasteiger partial charge in [0, 0.05) is 30.3 Å². The summed E-state index contributed by atoms with van der Waals surface area (Å²) in [5.41, 5.74) is 0.353. The second-order valence-electron chi connectivity index (χ2n) is 5.10. The molecule has 0 saturated carbocycles. The molecule has 2 heterocycles. The third-order valence-electron chi connectivity index (χ3n) is 3.26. The smallest absolute Gasteiger partial charge is 0.264 e. The number of carbonyl (C=O) groups is 1. The van der Waals surface area contributed by atoms with E-state index >= 15 is 0 Å². The molecular formula is C16H13N5O4S. The van der Waals surface area contributed by atoms with Gasteiger partial charge in [-0.3, -0.25) is 9.59 Å². The summed E-state index contributed by atoms with van der Waals surface area (Å²) in [6.45, 7) is 0. The maximum atomic E-state index is 12.3. The number of H-pyrrole nitrogens is 1. The van der Waals surface area contributed by atoms with Crippen LogP contribution in [0.3, 0.4) is 0 Å². The zero-order valence-corrected chi connectivity index (χ0v) is 14.0. The first-order valence-electron chi connectivity index (χ1n) is 7.34. The largest absolute Gasteiger partial charge is 0.328 e. The Bertz CT molecular complexity index is 1060. The van der Waals surface area contributed by atoms with Gasteiger partial charge in [0.15, 0.2) is 0 Å². The zero-order chi connectivity index (χ0) is 18.6. The second-order valence-corrected chi connectivity index (χ2v) is 6.78. The molecule has 0 saturated heterocycles. The summed E-state index contributed by atoms with van der Waals surface area (Å²) in [5.74, 6) is -0.476. The molecule has 0 unspecified atom stereocenters. The summed E-state index contributed by atoms with van der Waals surface area (Å²) in [5, 5.41) is 2.61. The molecule has 0 aliphatic carbocycles. The number of amides is 1.